The largest absolute Gasteiger partial charge is 0.482 e. The number of thiazole rings is 1. The van der Waals surface area contributed by atoms with Gasteiger partial charge in [-0.1, -0.05) is 23.8 Å². The van der Waals surface area contributed by atoms with Crippen molar-refractivity contribution in [2.24, 2.45) is 4.99 Å². The lowest BCUT2D eigenvalue weighted by atomic mass is 10.1. The molecule has 4 aromatic rings. The van der Waals surface area contributed by atoms with Crippen LogP contribution in [-0.2, 0) is 11.3 Å². The zero-order valence-electron chi connectivity index (χ0n) is 18.4. The van der Waals surface area contributed by atoms with E-state index in [9.17, 15) is 4.79 Å². The molecule has 3 aromatic carbocycles. The molecule has 1 N–H and O–H groups in total. The van der Waals surface area contributed by atoms with Crippen LogP contribution in [0.2, 0.25) is 0 Å². The Morgan fingerprint density at radius 2 is 1.79 bits per heavy atom. The van der Waals surface area contributed by atoms with E-state index in [2.05, 4.69) is 34.3 Å². The summed E-state index contributed by atoms with van der Waals surface area (Å²) in [5.41, 5.74) is 5.79. The van der Waals surface area contributed by atoms with Crippen LogP contribution in [0.25, 0.3) is 11.3 Å². The maximum absolute atomic E-state index is 11.8. The highest BCUT2D eigenvalue weighted by molar-refractivity contribution is 7.07. The monoisotopic (exact) mass is 471 g/mol. The molecule has 0 aliphatic carbocycles. The number of hydrogen-bond acceptors (Lipinski definition) is 6. The Labute approximate surface area is 199 Å². The van der Waals surface area contributed by atoms with Gasteiger partial charge in [-0.15, -0.1) is 11.3 Å². The molecule has 0 saturated carbocycles. The number of ether oxygens (including phenoxy) is 3. The molecule has 6 rings (SSSR count). The molecule has 0 saturated heterocycles. The molecule has 34 heavy (non-hydrogen) atoms. The summed E-state index contributed by atoms with van der Waals surface area (Å²) in [6.45, 7) is 2.94. The maximum Gasteiger partial charge on any atom is 0.262 e. The second-order valence-corrected chi connectivity index (χ2v) is 9.01. The molecule has 0 unspecified atom stereocenters. The Morgan fingerprint density at radius 1 is 0.971 bits per heavy atom. The molecule has 0 radical (unpaired) electrons. The Hall–Kier alpha value is -4.04. The van der Waals surface area contributed by atoms with E-state index in [1.165, 1.54) is 5.56 Å². The average molecular weight is 472 g/mol. The number of hydrogen-bond donors (Lipinski definition) is 1. The standard InChI is InChI=1S/C26H21N3O4S/c1-16-2-6-19(7-3-16)27-26-29(12-17-4-8-23-24(10-17)33-15-32-23)21(14-34-26)18-5-9-22-20(11-18)28-25(30)13-31-22/h2-11,14H,12-13,15H2,1H3,(H,28,30). The van der Waals surface area contributed by atoms with Gasteiger partial charge in [0, 0.05) is 10.9 Å². The number of carbonyl (C=O) groups is 1. The number of benzene rings is 3. The fourth-order valence-corrected chi connectivity index (χ4v) is 4.92. The van der Waals surface area contributed by atoms with Gasteiger partial charge in [0.2, 0.25) is 6.79 Å². The molecule has 170 valence electrons. The summed E-state index contributed by atoms with van der Waals surface area (Å²) in [7, 11) is 0. The molecule has 3 heterocycles. The first-order valence-electron chi connectivity index (χ1n) is 10.9. The summed E-state index contributed by atoms with van der Waals surface area (Å²) in [6.07, 6.45) is 0. The number of carbonyl (C=O) groups excluding carboxylic acids is 1. The second-order valence-electron chi connectivity index (χ2n) is 8.17. The lowest BCUT2D eigenvalue weighted by molar-refractivity contribution is -0.118. The first kappa shape index (κ1) is 20.6. The van der Waals surface area contributed by atoms with Crippen molar-refractivity contribution in [3.63, 3.8) is 0 Å². The van der Waals surface area contributed by atoms with Crippen molar-refractivity contribution >= 4 is 28.6 Å². The van der Waals surface area contributed by atoms with Gasteiger partial charge in [-0.2, -0.15) is 0 Å². The summed E-state index contributed by atoms with van der Waals surface area (Å²) < 4.78 is 18.7. The number of aryl methyl sites for hydroxylation is 1. The van der Waals surface area contributed by atoms with E-state index in [0.29, 0.717) is 18.0 Å². The molecule has 0 atom stereocenters. The first-order valence-corrected chi connectivity index (χ1v) is 11.8. The highest BCUT2D eigenvalue weighted by Crippen LogP contribution is 2.35. The molecule has 1 aromatic heterocycles. The SMILES string of the molecule is Cc1ccc(N=c2scc(-c3ccc4c(c3)NC(=O)CO4)n2Cc2ccc3c(c2)OCO3)cc1. The van der Waals surface area contributed by atoms with Crippen LogP contribution < -0.4 is 24.3 Å². The normalized spacial score (nSPS) is 14.5. The lowest BCUT2D eigenvalue weighted by Crippen LogP contribution is -2.25. The van der Waals surface area contributed by atoms with Crippen LogP contribution >= 0.6 is 11.3 Å². The van der Waals surface area contributed by atoms with E-state index >= 15 is 0 Å². The van der Waals surface area contributed by atoms with Gasteiger partial charge in [-0.05, 0) is 55.0 Å². The zero-order chi connectivity index (χ0) is 23.1. The van der Waals surface area contributed by atoms with E-state index in [1.54, 1.807) is 11.3 Å². The van der Waals surface area contributed by atoms with Crippen molar-refractivity contribution in [1.29, 1.82) is 0 Å². The Bertz CT molecular complexity index is 1470. The molecule has 0 bridgehead atoms. The van der Waals surface area contributed by atoms with E-state index in [4.69, 9.17) is 19.2 Å². The second kappa shape index (κ2) is 8.39. The number of amides is 1. The van der Waals surface area contributed by atoms with E-state index in [1.807, 2.05) is 48.5 Å². The third kappa shape index (κ3) is 3.92. The predicted molar refractivity (Wildman–Crippen MR) is 130 cm³/mol. The average Bonchev–Trinajstić information content (AvgIpc) is 3.47. The van der Waals surface area contributed by atoms with Gasteiger partial charge in [0.1, 0.15) is 5.75 Å². The summed E-state index contributed by atoms with van der Waals surface area (Å²) in [5.74, 6) is 2.03. The summed E-state index contributed by atoms with van der Waals surface area (Å²) >= 11 is 1.57. The highest BCUT2D eigenvalue weighted by atomic mass is 32.1. The molecule has 2 aliphatic rings. The minimum Gasteiger partial charge on any atom is -0.482 e. The van der Waals surface area contributed by atoms with Crippen LogP contribution in [-0.4, -0.2) is 23.9 Å². The van der Waals surface area contributed by atoms with Crippen LogP contribution in [0.15, 0.2) is 71.0 Å². The van der Waals surface area contributed by atoms with E-state index < -0.39 is 0 Å². The highest BCUT2D eigenvalue weighted by Gasteiger charge is 2.19. The number of fused-ring (bicyclic) bond motifs is 2. The number of nitrogens with one attached hydrogen (secondary N) is 1. The summed E-state index contributed by atoms with van der Waals surface area (Å²) in [6, 6.07) is 20.0. The molecule has 7 nitrogen and oxygen atoms in total. The Morgan fingerprint density at radius 3 is 2.68 bits per heavy atom. The Balaban J connectivity index is 1.45. The van der Waals surface area contributed by atoms with Crippen LogP contribution in [0.4, 0.5) is 11.4 Å². The summed E-state index contributed by atoms with van der Waals surface area (Å²) in [5, 5.41) is 4.99. The van der Waals surface area contributed by atoms with Gasteiger partial charge < -0.3 is 24.1 Å². The topological polar surface area (TPSA) is 74.1 Å². The van der Waals surface area contributed by atoms with Crippen LogP contribution in [0.5, 0.6) is 17.2 Å². The lowest BCUT2D eigenvalue weighted by Gasteiger charge is -2.19. The molecular formula is C26H21N3O4S. The van der Waals surface area contributed by atoms with Crippen molar-refractivity contribution in [3.8, 4) is 28.5 Å². The first-order chi connectivity index (χ1) is 16.6. The Kier molecular flexibility index (Phi) is 5.07. The minimum atomic E-state index is -0.154. The third-order valence-corrected chi connectivity index (χ3v) is 6.61. The van der Waals surface area contributed by atoms with Crippen molar-refractivity contribution < 1.29 is 19.0 Å². The van der Waals surface area contributed by atoms with Gasteiger partial charge in [-0.3, -0.25) is 4.79 Å². The van der Waals surface area contributed by atoms with Gasteiger partial charge in [0.05, 0.1) is 23.6 Å². The molecule has 0 spiro atoms. The molecule has 8 heteroatoms. The molecular weight excluding hydrogens is 450 g/mol. The van der Waals surface area contributed by atoms with Crippen molar-refractivity contribution in [3.05, 3.63) is 82.0 Å². The van der Waals surface area contributed by atoms with Crippen molar-refractivity contribution in [2.45, 2.75) is 13.5 Å². The van der Waals surface area contributed by atoms with Crippen LogP contribution in [0.3, 0.4) is 0 Å². The molecule has 2 aliphatic heterocycles. The quantitative estimate of drug-likeness (QED) is 0.461. The predicted octanol–water partition coefficient (Wildman–Crippen LogP) is 4.87. The number of anilines is 1. The zero-order valence-corrected chi connectivity index (χ0v) is 19.2. The number of rotatable bonds is 4. The van der Waals surface area contributed by atoms with Gasteiger partial charge in [0.15, 0.2) is 22.9 Å². The minimum absolute atomic E-state index is 0.0362. The van der Waals surface area contributed by atoms with Crippen molar-refractivity contribution in [1.82, 2.24) is 4.57 Å². The number of nitrogens with zero attached hydrogens (tertiary/aromatic N) is 2. The fourth-order valence-electron chi connectivity index (χ4n) is 4.00. The fraction of sp³-hybridized carbons (Fsp3) is 0.154. The summed E-state index contributed by atoms with van der Waals surface area (Å²) in [4.78, 5) is 17.6. The van der Waals surface area contributed by atoms with Gasteiger partial charge in [0.25, 0.3) is 5.91 Å². The smallest absolute Gasteiger partial charge is 0.262 e. The molecule has 0 fully saturated rings. The van der Waals surface area contributed by atoms with Gasteiger partial charge in [-0.25, -0.2) is 4.99 Å². The van der Waals surface area contributed by atoms with Crippen LogP contribution in [0.1, 0.15) is 11.1 Å². The number of aromatic nitrogens is 1. The van der Waals surface area contributed by atoms with Gasteiger partial charge >= 0.3 is 0 Å². The third-order valence-electron chi connectivity index (χ3n) is 5.74. The van der Waals surface area contributed by atoms with Crippen LogP contribution in [0, 0.1) is 6.92 Å². The molecule has 1 amide bonds. The van der Waals surface area contributed by atoms with E-state index in [0.717, 1.165) is 38.8 Å². The van der Waals surface area contributed by atoms with Crippen molar-refractivity contribution in [2.75, 3.05) is 18.7 Å². The van der Waals surface area contributed by atoms with E-state index in [-0.39, 0.29) is 19.3 Å². The maximum atomic E-state index is 11.8.